The Hall–Kier alpha value is -1.72. The van der Waals surface area contributed by atoms with Crippen LogP contribution in [0.3, 0.4) is 0 Å². The van der Waals surface area contributed by atoms with Crippen molar-refractivity contribution in [3.05, 3.63) is 35.9 Å². The van der Waals surface area contributed by atoms with Gasteiger partial charge in [-0.15, -0.1) is 0 Å². The maximum atomic E-state index is 11.9. The summed E-state index contributed by atoms with van der Waals surface area (Å²) in [7, 11) is 0. The molecule has 1 aromatic rings. The third-order valence-electron chi connectivity index (χ3n) is 3.15. The van der Waals surface area contributed by atoms with E-state index in [-0.39, 0.29) is 19.8 Å². The largest absolute Gasteiger partial charge is 0.394 e. The molecule has 1 heterocycles. The Morgan fingerprint density at radius 2 is 1.78 bits per heavy atom. The van der Waals surface area contributed by atoms with Crippen molar-refractivity contribution in [3.63, 3.8) is 0 Å². The van der Waals surface area contributed by atoms with Crippen molar-refractivity contribution in [1.29, 1.82) is 0 Å². The molecule has 2 amide bonds. The number of hydrogen-bond acceptors (Lipinski definition) is 4. The van der Waals surface area contributed by atoms with E-state index in [1.807, 2.05) is 6.07 Å². The van der Waals surface area contributed by atoms with E-state index in [1.165, 1.54) is 0 Å². The monoisotopic (exact) mass is 249 g/mol. The molecule has 1 N–H and O–H groups in total. The maximum Gasteiger partial charge on any atom is 0.256 e. The number of morpholine rings is 1. The molecule has 1 fully saturated rings. The number of imide groups is 1. The highest BCUT2D eigenvalue weighted by Crippen LogP contribution is 2.29. The predicted molar refractivity (Wildman–Crippen MR) is 63.6 cm³/mol. The first-order valence-electron chi connectivity index (χ1n) is 5.69. The Balaban J connectivity index is 2.43. The number of carbonyl (C=O) groups is 2. The van der Waals surface area contributed by atoms with Crippen LogP contribution in [0.1, 0.15) is 12.5 Å². The van der Waals surface area contributed by atoms with Gasteiger partial charge in [-0.25, -0.2) is 0 Å². The van der Waals surface area contributed by atoms with Gasteiger partial charge in [0, 0.05) is 0 Å². The molecule has 1 unspecified atom stereocenters. The molecule has 18 heavy (non-hydrogen) atoms. The highest BCUT2D eigenvalue weighted by molar-refractivity contribution is 5.99. The summed E-state index contributed by atoms with van der Waals surface area (Å²) >= 11 is 0. The lowest BCUT2D eigenvalue weighted by atomic mass is 9.90. The van der Waals surface area contributed by atoms with E-state index in [1.54, 1.807) is 31.2 Å². The van der Waals surface area contributed by atoms with Crippen LogP contribution >= 0.6 is 0 Å². The van der Waals surface area contributed by atoms with Crippen LogP contribution in [-0.2, 0) is 19.9 Å². The van der Waals surface area contributed by atoms with E-state index in [0.717, 1.165) is 10.5 Å². The third kappa shape index (κ3) is 2.02. The first-order valence-corrected chi connectivity index (χ1v) is 5.69. The van der Waals surface area contributed by atoms with Gasteiger partial charge in [-0.2, -0.15) is 0 Å². The van der Waals surface area contributed by atoms with Crippen LogP contribution in [0.2, 0.25) is 0 Å². The molecule has 0 saturated carbocycles. The molecule has 1 aromatic carbocycles. The van der Waals surface area contributed by atoms with Gasteiger partial charge in [0.25, 0.3) is 11.8 Å². The number of amides is 2. The van der Waals surface area contributed by atoms with Crippen molar-refractivity contribution in [1.82, 2.24) is 4.90 Å². The Labute approximate surface area is 105 Å². The van der Waals surface area contributed by atoms with Crippen LogP contribution in [0.4, 0.5) is 0 Å². The molecular formula is C13H15NO4. The number of aliphatic hydroxyl groups excluding tert-OH is 1. The highest BCUT2D eigenvalue weighted by Gasteiger charge is 2.42. The molecular weight excluding hydrogens is 234 g/mol. The van der Waals surface area contributed by atoms with E-state index in [9.17, 15) is 14.7 Å². The van der Waals surface area contributed by atoms with Gasteiger partial charge in [-0.05, 0) is 12.5 Å². The summed E-state index contributed by atoms with van der Waals surface area (Å²) in [5.41, 5.74) is -0.324. The number of ether oxygens (including phenoxy) is 1. The summed E-state index contributed by atoms with van der Waals surface area (Å²) in [6, 6.07) is 9.01. The number of carbonyl (C=O) groups excluding carboxylic acids is 2. The molecule has 96 valence electrons. The van der Waals surface area contributed by atoms with Crippen molar-refractivity contribution in [2.75, 3.05) is 19.8 Å². The molecule has 1 atom stereocenters. The van der Waals surface area contributed by atoms with Crippen LogP contribution in [0.5, 0.6) is 0 Å². The molecule has 0 bridgehead atoms. The van der Waals surface area contributed by atoms with E-state index in [4.69, 9.17) is 4.74 Å². The fourth-order valence-corrected chi connectivity index (χ4v) is 2.13. The molecule has 1 aliphatic rings. The number of aliphatic hydroxyl groups is 1. The Bertz CT molecular complexity index is 443. The van der Waals surface area contributed by atoms with Crippen molar-refractivity contribution in [2.45, 2.75) is 12.5 Å². The zero-order valence-electron chi connectivity index (χ0n) is 10.1. The van der Waals surface area contributed by atoms with Gasteiger partial charge < -0.3 is 9.84 Å². The van der Waals surface area contributed by atoms with E-state index in [0.29, 0.717) is 0 Å². The fourth-order valence-electron chi connectivity index (χ4n) is 2.13. The van der Waals surface area contributed by atoms with Gasteiger partial charge in [-0.3, -0.25) is 14.5 Å². The quantitative estimate of drug-likeness (QED) is 0.781. The maximum absolute atomic E-state index is 11.9. The van der Waals surface area contributed by atoms with E-state index < -0.39 is 17.4 Å². The van der Waals surface area contributed by atoms with Crippen molar-refractivity contribution in [3.8, 4) is 0 Å². The Kier molecular flexibility index (Phi) is 3.45. The summed E-state index contributed by atoms with van der Waals surface area (Å²) in [4.78, 5) is 24.8. The number of rotatable bonds is 3. The van der Waals surface area contributed by atoms with Gasteiger partial charge in [0.2, 0.25) is 0 Å². The second kappa shape index (κ2) is 4.88. The van der Waals surface area contributed by atoms with Gasteiger partial charge >= 0.3 is 0 Å². The molecule has 5 heteroatoms. The van der Waals surface area contributed by atoms with Gasteiger partial charge in [-0.1, -0.05) is 30.3 Å². The average molecular weight is 249 g/mol. The lowest BCUT2D eigenvalue weighted by molar-refractivity contribution is -0.168. The third-order valence-corrected chi connectivity index (χ3v) is 3.15. The van der Waals surface area contributed by atoms with Gasteiger partial charge in [0.1, 0.15) is 13.2 Å². The summed E-state index contributed by atoms with van der Waals surface area (Å²) in [6.45, 7) is 1.08. The molecule has 2 rings (SSSR count). The molecule has 5 nitrogen and oxygen atoms in total. The summed E-state index contributed by atoms with van der Waals surface area (Å²) in [6.07, 6.45) is 0. The molecule has 1 saturated heterocycles. The summed E-state index contributed by atoms with van der Waals surface area (Å²) in [5.74, 6) is -0.849. The lowest BCUT2D eigenvalue weighted by Crippen LogP contribution is -2.57. The van der Waals surface area contributed by atoms with Gasteiger partial charge in [0.15, 0.2) is 0 Å². The first-order chi connectivity index (χ1) is 8.59. The van der Waals surface area contributed by atoms with E-state index in [2.05, 4.69) is 0 Å². The van der Waals surface area contributed by atoms with Gasteiger partial charge in [0.05, 0.1) is 12.1 Å². The molecule has 1 aliphatic heterocycles. The van der Waals surface area contributed by atoms with Crippen LogP contribution < -0.4 is 0 Å². The van der Waals surface area contributed by atoms with Crippen LogP contribution in [0, 0.1) is 0 Å². The van der Waals surface area contributed by atoms with Crippen molar-refractivity contribution < 1.29 is 19.4 Å². The minimum absolute atomic E-state index is 0.131. The second-order valence-electron chi connectivity index (χ2n) is 4.41. The minimum atomic E-state index is -1.04. The Morgan fingerprint density at radius 1 is 1.22 bits per heavy atom. The lowest BCUT2D eigenvalue weighted by Gasteiger charge is -2.40. The average Bonchev–Trinajstić information content (AvgIpc) is 2.39. The minimum Gasteiger partial charge on any atom is -0.394 e. The Morgan fingerprint density at radius 3 is 2.28 bits per heavy atom. The summed E-state index contributed by atoms with van der Waals surface area (Å²) in [5, 5.41) is 9.64. The predicted octanol–water partition coefficient (Wildman–Crippen LogP) is 0.279. The van der Waals surface area contributed by atoms with Crippen LogP contribution in [0.25, 0.3) is 0 Å². The standard InChI is InChI=1S/C13H15NO4/c1-13(9-15,10-5-3-2-4-6-10)14-11(16)7-18-8-12(14)17/h2-6,15H,7-9H2,1H3. The topological polar surface area (TPSA) is 66.8 Å². The van der Waals surface area contributed by atoms with Crippen molar-refractivity contribution >= 4 is 11.8 Å². The fraction of sp³-hybridized carbons (Fsp3) is 0.385. The first kappa shape index (κ1) is 12.7. The molecule has 0 radical (unpaired) electrons. The zero-order chi connectivity index (χ0) is 13.2. The normalized spacial score (nSPS) is 19.8. The number of nitrogens with zero attached hydrogens (tertiary/aromatic N) is 1. The molecule has 0 aromatic heterocycles. The number of hydrogen-bond donors (Lipinski definition) is 1. The smallest absolute Gasteiger partial charge is 0.256 e. The highest BCUT2D eigenvalue weighted by atomic mass is 16.5. The SMILES string of the molecule is CC(CO)(c1ccccc1)N1C(=O)COCC1=O. The van der Waals surface area contributed by atoms with Crippen LogP contribution in [-0.4, -0.2) is 41.6 Å². The molecule has 0 spiro atoms. The van der Waals surface area contributed by atoms with E-state index >= 15 is 0 Å². The number of benzene rings is 1. The van der Waals surface area contributed by atoms with Crippen LogP contribution in [0.15, 0.2) is 30.3 Å². The molecule has 0 aliphatic carbocycles. The van der Waals surface area contributed by atoms with Crippen molar-refractivity contribution in [2.24, 2.45) is 0 Å². The zero-order valence-corrected chi connectivity index (χ0v) is 10.1. The summed E-state index contributed by atoms with van der Waals surface area (Å²) < 4.78 is 4.88. The second-order valence-corrected chi connectivity index (χ2v) is 4.41.